The minimum Gasteiger partial charge on any atom is -0.453 e. The van der Waals surface area contributed by atoms with Crippen molar-refractivity contribution in [1.82, 2.24) is 4.90 Å². The highest BCUT2D eigenvalue weighted by molar-refractivity contribution is 5.67. The topological polar surface area (TPSA) is 29.5 Å². The van der Waals surface area contributed by atoms with E-state index in [0.717, 1.165) is 5.56 Å². The van der Waals surface area contributed by atoms with Crippen LogP contribution in [0.25, 0.3) is 11.1 Å². The molecule has 2 aromatic rings. The van der Waals surface area contributed by atoms with Gasteiger partial charge < -0.3 is 9.64 Å². The Kier molecular flexibility index (Phi) is 4.18. The summed E-state index contributed by atoms with van der Waals surface area (Å²) >= 11 is 0. The lowest BCUT2D eigenvalue weighted by Gasteiger charge is -2.15. The largest absolute Gasteiger partial charge is 0.453 e. The van der Waals surface area contributed by atoms with Gasteiger partial charge in [-0.05, 0) is 16.7 Å². The van der Waals surface area contributed by atoms with E-state index in [2.05, 4.69) is 29.0 Å². The Labute approximate surface area is 113 Å². The van der Waals surface area contributed by atoms with E-state index in [1.165, 1.54) is 23.1 Å². The van der Waals surface area contributed by atoms with Crippen LogP contribution in [0, 0.1) is 0 Å². The van der Waals surface area contributed by atoms with Crippen molar-refractivity contribution in [2.75, 3.05) is 14.2 Å². The van der Waals surface area contributed by atoms with Gasteiger partial charge in [0, 0.05) is 13.6 Å². The molecule has 0 unspecified atom stereocenters. The summed E-state index contributed by atoms with van der Waals surface area (Å²) < 4.78 is 4.66. The minimum absolute atomic E-state index is 0.327. The molecule has 0 aliphatic carbocycles. The van der Waals surface area contributed by atoms with Gasteiger partial charge in [0.2, 0.25) is 0 Å². The maximum absolute atomic E-state index is 11.3. The number of carbonyl (C=O) groups is 1. The molecule has 2 rings (SSSR count). The third-order valence-corrected chi connectivity index (χ3v) is 2.97. The second-order valence-electron chi connectivity index (χ2n) is 4.39. The number of benzene rings is 2. The number of methoxy groups -OCH3 is 1. The molecule has 0 radical (unpaired) electrons. The molecule has 0 atom stereocenters. The molecule has 0 N–H and O–H groups in total. The molecule has 0 aliphatic rings. The average Bonchev–Trinajstić information content (AvgIpc) is 2.48. The minimum atomic E-state index is -0.327. The molecule has 3 heteroatoms. The van der Waals surface area contributed by atoms with Gasteiger partial charge in [-0.3, -0.25) is 0 Å². The first-order valence-corrected chi connectivity index (χ1v) is 6.14. The first-order chi connectivity index (χ1) is 9.20. The zero-order valence-electron chi connectivity index (χ0n) is 11.2. The molecular formula is C16H17NO2. The standard InChI is InChI=1S/C16H17NO2/c1-17(16(18)19-2)12-13-8-10-15(11-9-13)14-6-4-3-5-7-14/h3-11H,12H2,1-2H3. The number of hydrogen-bond acceptors (Lipinski definition) is 2. The summed E-state index contributed by atoms with van der Waals surface area (Å²) in [5.74, 6) is 0. The summed E-state index contributed by atoms with van der Waals surface area (Å²) in [4.78, 5) is 12.8. The van der Waals surface area contributed by atoms with Gasteiger partial charge in [0.05, 0.1) is 7.11 Å². The van der Waals surface area contributed by atoms with Crippen LogP contribution in [0.2, 0.25) is 0 Å². The van der Waals surface area contributed by atoms with Gasteiger partial charge in [-0.25, -0.2) is 4.79 Å². The Morgan fingerprint density at radius 3 is 2.16 bits per heavy atom. The molecule has 1 amide bonds. The lowest BCUT2D eigenvalue weighted by molar-refractivity contribution is 0.131. The van der Waals surface area contributed by atoms with E-state index in [1.807, 2.05) is 30.3 Å². The molecule has 98 valence electrons. The maximum Gasteiger partial charge on any atom is 0.409 e. The van der Waals surface area contributed by atoms with E-state index in [0.29, 0.717) is 6.54 Å². The van der Waals surface area contributed by atoms with Crippen molar-refractivity contribution in [3.8, 4) is 11.1 Å². The predicted octanol–water partition coefficient (Wildman–Crippen LogP) is 3.55. The molecule has 19 heavy (non-hydrogen) atoms. The second kappa shape index (κ2) is 6.05. The van der Waals surface area contributed by atoms with E-state index in [9.17, 15) is 4.79 Å². The van der Waals surface area contributed by atoms with Crippen LogP contribution in [0.4, 0.5) is 4.79 Å². The molecule has 0 fully saturated rings. The third-order valence-electron chi connectivity index (χ3n) is 2.97. The number of rotatable bonds is 3. The van der Waals surface area contributed by atoms with Crippen LogP contribution in [0.15, 0.2) is 54.6 Å². The van der Waals surface area contributed by atoms with Crippen molar-refractivity contribution < 1.29 is 9.53 Å². The Morgan fingerprint density at radius 1 is 1.00 bits per heavy atom. The molecular weight excluding hydrogens is 238 g/mol. The Morgan fingerprint density at radius 2 is 1.58 bits per heavy atom. The van der Waals surface area contributed by atoms with Gasteiger partial charge in [-0.1, -0.05) is 54.6 Å². The monoisotopic (exact) mass is 255 g/mol. The van der Waals surface area contributed by atoms with Crippen LogP contribution in [0.3, 0.4) is 0 Å². The normalized spacial score (nSPS) is 10.0. The molecule has 2 aromatic carbocycles. The fraction of sp³-hybridized carbons (Fsp3) is 0.188. The zero-order chi connectivity index (χ0) is 13.7. The second-order valence-corrected chi connectivity index (χ2v) is 4.39. The van der Waals surface area contributed by atoms with E-state index < -0.39 is 0 Å². The smallest absolute Gasteiger partial charge is 0.409 e. The summed E-state index contributed by atoms with van der Waals surface area (Å²) in [5, 5.41) is 0. The fourth-order valence-electron chi connectivity index (χ4n) is 1.93. The van der Waals surface area contributed by atoms with Gasteiger partial charge in [0.15, 0.2) is 0 Å². The highest BCUT2D eigenvalue weighted by atomic mass is 16.5. The Hall–Kier alpha value is -2.29. The summed E-state index contributed by atoms with van der Waals surface area (Å²) in [5.41, 5.74) is 3.44. The zero-order valence-corrected chi connectivity index (χ0v) is 11.2. The fourth-order valence-corrected chi connectivity index (χ4v) is 1.93. The van der Waals surface area contributed by atoms with Crippen molar-refractivity contribution in [2.24, 2.45) is 0 Å². The van der Waals surface area contributed by atoms with Gasteiger partial charge in [0.1, 0.15) is 0 Å². The predicted molar refractivity (Wildman–Crippen MR) is 75.8 cm³/mol. The van der Waals surface area contributed by atoms with Gasteiger partial charge in [0.25, 0.3) is 0 Å². The molecule has 0 saturated heterocycles. The number of amides is 1. The van der Waals surface area contributed by atoms with E-state index >= 15 is 0 Å². The first-order valence-electron chi connectivity index (χ1n) is 6.14. The number of ether oxygens (including phenoxy) is 1. The first kappa shape index (κ1) is 13.1. The van der Waals surface area contributed by atoms with Crippen molar-refractivity contribution >= 4 is 6.09 Å². The van der Waals surface area contributed by atoms with Gasteiger partial charge in [-0.15, -0.1) is 0 Å². The van der Waals surface area contributed by atoms with E-state index in [1.54, 1.807) is 7.05 Å². The summed E-state index contributed by atoms with van der Waals surface area (Å²) in [6, 6.07) is 18.4. The molecule has 0 heterocycles. The van der Waals surface area contributed by atoms with Crippen LogP contribution < -0.4 is 0 Å². The molecule has 0 bridgehead atoms. The quantitative estimate of drug-likeness (QED) is 0.839. The maximum atomic E-state index is 11.3. The molecule has 0 spiro atoms. The van der Waals surface area contributed by atoms with Crippen LogP contribution >= 0.6 is 0 Å². The molecule has 3 nitrogen and oxygen atoms in total. The number of carbonyl (C=O) groups excluding carboxylic acids is 1. The Balaban J connectivity index is 2.09. The van der Waals surface area contributed by atoms with Crippen LogP contribution in [0.5, 0.6) is 0 Å². The van der Waals surface area contributed by atoms with E-state index in [-0.39, 0.29) is 6.09 Å². The van der Waals surface area contributed by atoms with Crippen molar-refractivity contribution in [1.29, 1.82) is 0 Å². The van der Waals surface area contributed by atoms with Crippen molar-refractivity contribution in [2.45, 2.75) is 6.54 Å². The lowest BCUT2D eigenvalue weighted by Crippen LogP contribution is -2.25. The number of nitrogens with zero attached hydrogens (tertiary/aromatic N) is 1. The highest BCUT2D eigenvalue weighted by Gasteiger charge is 2.08. The lowest BCUT2D eigenvalue weighted by atomic mass is 10.0. The molecule has 0 aromatic heterocycles. The molecule has 0 saturated carbocycles. The Bertz CT molecular complexity index is 534. The van der Waals surface area contributed by atoms with Crippen molar-refractivity contribution in [3.05, 3.63) is 60.2 Å². The highest BCUT2D eigenvalue weighted by Crippen LogP contribution is 2.19. The average molecular weight is 255 g/mol. The number of hydrogen-bond donors (Lipinski definition) is 0. The van der Waals surface area contributed by atoms with Crippen LogP contribution in [-0.4, -0.2) is 25.2 Å². The van der Waals surface area contributed by atoms with Crippen molar-refractivity contribution in [3.63, 3.8) is 0 Å². The van der Waals surface area contributed by atoms with Gasteiger partial charge in [-0.2, -0.15) is 0 Å². The van der Waals surface area contributed by atoms with E-state index in [4.69, 9.17) is 0 Å². The summed E-state index contributed by atoms with van der Waals surface area (Å²) in [6.45, 7) is 0.543. The summed E-state index contributed by atoms with van der Waals surface area (Å²) in [7, 11) is 3.11. The van der Waals surface area contributed by atoms with Crippen LogP contribution in [-0.2, 0) is 11.3 Å². The van der Waals surface area contributed by atoms with Crippen LogP contribution in [0.1, 0.15) is 5.56 Å². The molecule has 0 aliphatic heterocycles. The van der Waals surface area contributed by atoms with Gasteiger partial charge >= 0.3 is 6.09 Å². The SMILES string of the molecule is COC(=O)N(C)Cc1ccc(-c2ccccc2)cc1. The third kappa shape index (κ3) is 3.35. The summed E-state index contributed by atoms with van der Waals surface area (Å²) in [6.07, 6.45) is -0.327.